The first-order valence-corrected chi connectivity index (χ1v) is 22.7. The molecule has 4 N–H and O–H groups in total. The number of hydrogen-bond acceptors (Lipinski definition) is 10. The van der Waals surface area contributed by atoms with Crippen molar-refractivity contribution < 1.29 is 38.1 Å². The second kappa shape index (κ2) is 17.8. The molecule has 5 aromatic rings. The Hall–Kier alpha value is -6.16. The largest absolute Gasteiger partial charge is 0.488 e. The van der Waals surface area contributed by atoms with Gasteiger partial charge in [-0.2, -0.15) is 0 Å². The van der Waals surface area contributed by atoms with E-state index in [-0.39, 0.29) is 47.8 Å². The number of alkyl carbamates (subject to hydrolysis) is 2. The number of fused-ring (bicyclic) bond motifs is 6. The van der Waals surface area contributed by atoms with Crippen molar-refractivity contribution in [2.75, 3.05) is 27.4 Å². The molecule has 16 nitrogen and oxygen atoms in total. The number of methoxy groups -OCH3 is 2. The van der Waals surface area contributed by atoms with Gasteiger partial charge in [0.2, 0.25) is 11.8 Å². The lowest BCUT2D eigenvalue weighted by atomic mass is 9.90. The lowest BCUT2D eigenvalue weighted by Crippen LogP contribution is -2.54. The summed E-state index contributed by atoms with van der Waals surface area (Å²) >= 11 is 0. The Morgan fingerprint density at radius 3 is 2.34 bits per heavy atom. The molecule has 6 atom stereocenters. The van der Waals surface area contributed by atoms with Crippen LogP contribution in [0.3, 0.4) is 0 Å². The number of hydrogen-bond donors (Lipinski definition) is 4. The number of carbonyl (C=O) groups is 4. The topological polar surface area (TPSA) is 193 Å². The Labute approximate surface area is 372 Å². The fourth-order valence-electron chi connectivity index (χ4n) is 10.4. The number of nitrogens with one attached hydrogen (secondary N) is 4. The maximum atomic E-state index is 14.4. The third kappa shape index (κ3) is 7.90. The zero-order chi connectivity index (χ0) is 44.8. The van der Waals surface area contributed by atoms with Crippen molar-refractivity contribution in [2.45, 2.75) is 115 Å². The van der Waals surface area contributed by atoms with Gasteiger partial charge in [-0.25, -0.2) is 19.6 Å². The molecule has 3 saturated heterocycles. The van der Waals surface area contributed by atoms with E-state index in [4.69, 9.17) is 28.9 Å². The van der Waals surface area contributed by atoms with Crippen LogP contribution in [0.25, 0.3) is 44.2 Å². The number of carbonyl (C=O) groups excluding carboxylic acids is 4. The summed E-state index contributed by atoms with van der Waals surface area (Å²) in [5.41, 5.74) is 6.60. The molecule has 4 aliphatic heterocycles. The third-order valence-corrected chi connectivity index (χ3v) is 13.9. The van der Waals surface area contributed by atoms with E-state index < -0.39 is 24.3 Å². The van der Waals surface area contributed by atoms with Crippen LogP contribution in [-0.4, -0.2) is 105 Å². The molecule has 64 heavy (non-hydrogen) atoms. The second-order valence-corrected chi connectivity index (χ2v) is 18.0. The summed E-state index contributed by atoms with van der Waals surface area (Å²) in [6.07, 6.45) is 5.91. The molecule has 0 aliphatic carbocycles. The fraction of sp³-hybridized carbons (Fsp3) is 0.500. The Bertz CT molecular complexity index is 2580. The first-order valence-electron chi connectivity index (χ1n) is 22.7. The van der Waals surface area contributed by atoms with Gasteiger partial charge in [-0.15, -0.1) is 0 Å². The van der Waals surface area contributed by atoms with Crippen molar-refractivity contribution in [2.24, 2.45) is 11.8 Å². The number of nitrogens with zero attached hydrogens (tertiary/aromatic N) is 4. The van der Waals surface area contributed by atoms with Crippen molar-refractivity contribution >= 4 is 45.8 Å². The van der Waals surface area contributed by atoms with Crippen LogP contribution in [0.2, 0.25) is 0 Å². The van der Waals surface area contributed by atoms with Gasteiger partial charge in [-0.05, 0) is 110 Å². The number of benzene rings is 3. The molecule has 2 aromatic heterocycles. The molecular weight excluding hydrogens is 817 g/mol. The Kier molecular flexibility index (Phi) is 12.0. The fourth-order valence-corrected chi connectivity index (χ4v) is 10.4. The van der Waals surface area contributed by atoms with Crippen LogP contribution >= 0.6 is 0 Å². The Morgan fingerprint density at radius 2 is 1.59 bits per heavy atom. The zero-order valence-corrected chi connectivity index (χ0v) is 37.4. The SMILES string of the molecule is CC[C@H]1CCC(c2ncc(-c3ccc4c(c3)COc3cc5c(ccc6[nH]c(C7CC[C@H](C)N7C(=O)[C@@H](NC(=O)OC)C(C)C)nc65)cc3-4)[nH]2)N1C(=O)[C@@H](NC(=O)OC)C1CCOCC1. The highest BCUT2D eigenvalue weighted by Crippen LogP contribution is 2.44. The molecule has 0 saturated carbocycles. The molecule has 4 aliphatic rings. The molecule has 0 radical (unpaired) electrons. The van der Waals surface area contributed by atoms with Gasteiger partial charge in [0.05, 0.1) is 49.2 Å². The van der Waals surface area contributed by atoms with Crippen LogP contribution in [0.5, 0.6) is 5.75 Å². The lowest BCUT2D eigenvalue weighted by molar-refractivity contribution is -0.139. The van der Waals surface area contributed by atoms with E-state index in [0.29, 0.717) is 38.5 Å². The van der Waals surface area contributed by atoms with E-state index in [2.05, 4.69) is 63.9 Å². The molecule has 0 bridgehead atoms. The van der Waals surface area contributed by atoms with Crippen molar-refractivity contribution in [1.82, 2.24) is 40.4 Å². The third-order valence-electron chi connectivity index (χ3n) is 13.9. The Morgan fingerprint density at radius 1 is 0.844 bits per heavy atom. The summed E-state index contributed by atoms with van der Waals surface area (Å²) < 4.78 is 21.8. The number of rotatable bonds is 10. The van der Waals surface area contributed by atoms with E-state index in [1.54, 1.807) is 0 Å². The highest BCUT2D eigenvalue weighted by molar-refractivity contribution is 6.07. The molecule has 9 rings (SSSR count). The molecule has 6 heterocycles. The molecule has 4 amide bonds. The summed E-state index contributed by atoms with van der Waals surface area (Å²) in [6, 6.07) is 12.7. The van der Waals surface area contributed by atoms with Crippen LogP contribution in [0.1, 0.15) is 102 Å². The van der Waals surface area contributed by atoms with Crippen LogP contribution in [0.15, 0.2) is 48.7 Å². The number of ether oxygens (including phenoxy) is 4. The number of imidazole rings is 2. The van der Waals surface area contributed by atoms with Crippen LogP contribution in [0, 0.1) is 11.8 Å². The van der Waals surface area contributed by atoms with Crippen molar-refractivity contribution in [3.05, 3.63) is 65.9 Å². The normalized spacial score (nSPS) is 21.9. The summed E-state index contributed by atoms with van der Waals surface area (Å²) in [5, 5.41) is 7.57. The maximum absolute atomic E-state index is 14.4. The van der Waals surface area contributed by atoms with Crippen molar-refractivity contribution in [1.29, 1.82) is 0 Å². The molecule has 338 valence electrons. The minimum atomic E-state index is -0.728. The number of amides is 4. The van der Waals surface area contributed by atoms with E-state index in [1.165, 1.54) is 14.2 Å². The van der Waals surface area contributed by atoms with E-state index in [9.17, 15) is 19.2 Å². The highest BCUT2D eigenvalue weighted by Gasteiger charge is 2.44. The van der Waals surface area contributed by atoms with Crippen molar-refractivity contribution in [3.8, 4) is 28.1 Å². The molecular formula is C48H58N8O8. The first kappa shape index (κ1) is 43.1. The quantitative estimate of drug-likeness (QED) is 0.108. The predicted octanol–water partition coefficient (Wildman–Crippen LogP) is 7.69. The molecule has 3 fully saturated rings. The molecule has 3 aromatic carbocycles. The van der Waals surface area contributed by atoms with Gasteiger partial charge in [0.15, 0.2) is 0 Å². The van der Waals surface area contributed by atoms with Gasteiger partial charge >= 0.3 is 12.2 Å². The smallest absolute Gasteiger partial charge is 0.407 e. The number of H-pyrrole nitrogens is 2. The van der Waals surface area contributed by atoms with Crippen LogP contribution < -0.4 is 15.4 Å². The number of likely N-dealkylation sites (tertiary alicyclic amines) is 2. The minimum Gasteiger partial charge on any atom is -0.488 e. The van der Waals surface area contributed by atoms with E-state index in [1.807, 2.05) is 42.8 Å². The van der Waals surface area contributed by atoms with Gasteiger partial charge in [0.25, 0.3) is 0 Å². The lowest BCUT2D eigenvalue weighted by Gasteiger charge is -2.36. The summed E-state index contributed by atoms with van der Waals surface area (Å²) in [4.78, 5) is 73.9. The van der Waals surface area contributed by atoms with E-state index in [0.717, 1.165) is 93.4 Å². The van der Waals surface area contributed by atoms with Gasteiger partial charge < -0.3 is 49.3 Å². The van der Waals surface area contributed by atoms with Crippen LogP contribution in [0.4, 0.5) is 9.59 Å². The first-order chi connectivity index (χ1) is 31.0. The van der Waals surface area contributed by atoms with Crippen LogP contribution in [-0.2, 0) is 30.4 Å². The van der Waals surface area contributed by atoms with Gasteiger partial charge in [-0.1, -0.05) is 39.0 Å². The average Bonchev–Trinajstić information content (AvgIpc) is 4.14. The average molecular weight is 875 g/mol. The Balaban J connectivity index is 0.965. The minimum absolute atomic E-state index is 0.0223. The predicted molar refractivity (Wildman–Crippen MR) is 239 cm³/mol. The molecule has 0 spiro atoms. The zero-order valence-electron chi connectivity index (χ0n) is 37.4. The second-order valence-electron chi connectivity index (χ2n) is 18.0. The monoisotopic (exact) mass is 874 g/mol. The van der Waals surface area contributed by atoms with Gasteiger partial charge in [0, 0.05) is 36.2 Å². The maximum Gasteiger partial charge on any atom is 0.407 e. The standard InChI is InChI=1S/C48H58N8O8/c1-7-31-11-15-37(56(31)46(58)41(54-48(60)62-6)27-16-18-63-19-17-27)43-49-23-36(51-43)29-9-12-32-30(20-29)24-64-39-22-33-28(21-34(32)39)10-13-35-42(33)52-44(50-35)38-14-8-26(4)55(38)45(57)40(25(2)3)53-47(59)61-5/h9-10,12-13,20-23,25-27,31,37-38,40-41H,7-8,11,14-19,24H2,1-6H3,(H,49,51)(H,50,52)(H,53,59)(H,54,60)/t26-,31-,37?,38?,40-,41-/m0/s1. The highest BCUT2D eigenvalue weighted by atomic mass is 16.5. The summed E-state index contributed by atoms with van der Waals surface area (Å²) in [6.45, 7) is 9.43. The van der Waals surface area contributed by atoms with Gasteiger partial charge in [0.1, 0.15) is 36.1 Å². The van der Waals surface area contributed by atoms with Crippen molar-refractivity contribution in [3.63, 3.8) is 0 Å². The number of aromatic amines is 2. The summed E-state index contributed by atoms with van der Waals surface area (Å²) in [5.74, 6) is 1.76. The van der Waals surface area contributed by atoms with Gasteiger partial charge in [-0.3, -0.25) is 9.59 Å². The molecule has 16 heteroatoms. The molecule has 2 unspecified atom stereocenters. The number of aromatic nitrogens is 4. The summed E-state index contributed by atoms with van der Waals surface area (Å²) in [7, 11) is 2.61. The van der Waals surface area contributed by atoms with E-state index >= 15 is 0 Å².